The molecular formula is C43H52N2O14. The highest BCUT2D eigenvalue weighted by Gasteiger charge is 2.78. The number of benzene rings is 2. The molecule has 16 heteroatoms. The van der Waals surface area contributed by atoms with E-state index in [2.05, 4.69) is 5.32 Å². The zero-order chi connectivity index (χ0) is 43.4. The molecule has 0 unspecified atom stereocenters. The van der Waals surface area contributed by atoms with Gasteiger partial charge in [0.15, 0.2) is 23.6 Å². The van der Waals surface area contributed by atoms with Gasteiger partial charge in [-0.25, -0.2) is 14.4 Å². The first kappa shape index (κ1) is 43.4. The molecule has 2 amide bonds. The van der Waals surface area contributed by atoms with E-state index in [4.69, 9.17) is 23.7 Å². The van der Waals surface area contributed by atoms with Crippen LogP contribution in [0, 0.1) is 16.7 Å². The molecule has 2 saturated carbocycles. The van der Waals surface area contributed by atoms with Crippen LogP contribution in [0.25, 0.3) is 0 Å². The van der Waals surface area contributed by atoms with Crippen LogP contribution in [0.1, 0.15) is 76.3 Å². The Hall–Kier alpha value is -5.16. The van der Waals surface area contributed by atoms with E-state index in [1.54, 1.807) is 62.4 Å². The number of ether oxygens (including phenoxy) is 5. The number of hydrogen-bond donors (Lipinski definition) is 4. The number of aliphatic hydroxyl groups excluding tert-OH is 2. The lowest BCUT2D eigenvalue weighted by molar-refractivity contribution is -0.346. The molecule has 59 heavy (non-hydrogen) atoms. The van der Waals surface area contributed by atoms with Crippen LogP contribution in [-0.2, 0) is 42.9 Å². The van der Waals surface area contributed by atoms with Gasteiger partial charge in [0.2, 0.25) is 0 Å². The van der Waals surface area contributed by atoms with Gasteiger partial charge in [-0.15, -0.1) is 0 Å². The largest absolute Gasteiger partial charge is 0.456 e. The number of nitrogens with zero attached hydrogens (tertiary/aromatic N) is 1. The molecule has 3 fully saturated rings. The normalized spacial score (nSPS) is 32.9. The average Bonchev–Trinajstić information content (AvgIpc) is 3.18. The number of ketones is 1. The summed E-state index contributed by atoms with van der Waals surface area (Å²) in [7, 11) is 2.96. The third-order valence-corrected chi connectivity index (χ3v) is 12.8. The monoisotopic (exact) mass is 820 g/mol. The second-order valence-corrected chi connectivity index (χ2v) is 16.9. The lowest BCUT2D eigenvalue weighted by atomic mass is 9.44. The van der Waals surface area contributed by atoms with Gasteiger partial charge in [-0.05, 0) is 42.7 Å². The first-order chi connectivity index (χ1) is 27.6. The van der Waals surface area contributed by atoms with Crippen molar-refractivity contribution in [2.45, 2.75) is 108 Å². The van der Waals surface area contributed by atoms with E-state index >= 15 is 4.79 Å². The fraction of sp³-hybridized carbons (Fsp3) is 0.535. The van der Waals surface area contributed by atoms with Crippen molar-refractivity contribution < 1.29 is 67.8 Å². The molecule has 318 valence electrons. The number of urea groups is 1. The van der Waals surface area contributed by atoms with Crippen molar-refractivity contribution in [3.8, 4) is 0 Å². The maximum Gasteiger partial charge on any atom is 0.338 e. The van der Waals surface area contributed by atoms with E-state index in [1.165, 1.54) is 45.0 Å². The molecule has 2 bridgehead atoms. The van der Waals surface area contributed by atoms with Gasteiger partial charge < -0.3 is 49.2 Å². The molecule has 11 atom stereocenters. The lowest BCUT2D eigenvalue weighted by Crippen LogP contribution is -2.82. The Morgan fingerprint density at radius 2 is 1.53 bits per heavy atom. The van der Waals surface area contributed by atoms with Gasteiger partial charge in [0, 0.05) is 46.2 Å². The molecule has 4 N–H and O–H groups in total. The summed E-state index contributed by atoms with van der Waals surface area (Å²) in [4.78, 5) is 83.7. The first-order valence-electron chi connectivity index (χ1n) is 19.4. The van der Waals surface area contributed by atoms with Gasteiger partial charge >= 0.3 is 29.9 Å². The fourth-order valence-corrected chi connectivity index (χ4v) is 9.63. The standard InChI is InChI=1S/C43H52N2O14/c1-22-27(57-38(52)32(49)31(44-39(53)45(7)8)25-15-11-9-12-16-25)20-43(54)36(58-37(51)26-17-13-10-14-18-26)34-41(6,28(48)19-29-42(34,21-55-29)59-24(3)47)35(50)33(56-23(2)46)30(22)40(43,4)5/h9-18,27-29,31-34,36,48-49,54H,19-21H2,1-8H3,(H,44,53)/t27-,28-,29+,31-,32+,33+,34-,36-,41+,42-,43+/m0/s1. The third kappa shape index (κ3) is 7.19. The van der Waals surface area contributed by atoms with Crippen molar-refractivity contribution in [2.75, 3.05) is 20.7 Å². The molecule has 0 spiro atoms. The highest BCUT2D eigenvalue weighted by atomic mass is 16.6. The van der Waals surface area contributed by atoms with Gasteiger partial charge in [0.05, 0.1) is 35.6 Å². The van der Waals surface area contributed by atoms with Crippen LogP contribution in [0.4, 0.5) is 4.79 Å². The minimum absolute atomic E-state index is 0.000383. The number of hydrogen-bond acceptors (Lipinski definition) is 14. The zero-order valence-electron chi connectivity index (χ0n) is 34.3. The summed E-state index contributed by atoms with van der Waals surface area (Å²) >= 11 is 0. The van der Waals surface area contributed by atoms with E-state index < -0.39 is 113 Å². The van der Waals surface area contributed by atoms with Gasteiger partial charge in [-0.1, -0.05) is 62.4 Å². The number of carbonyl (C=O) groups excluding carboxylic acids is 6. The molecule has 0 radical (unpaired) electrons. The van der Waals surface area contributed by atoms with E-state index in [9.17, 15) is 39.3 Å². The second-order valence-electron chi connectivity index (χ2n) is 16.9. The molecule has 1 heterocycles. The maximum absolute atomic E-state index is 15.4. The Kier molecular flexibility index (Phi) is 11.6. The Morgan fingerprint density at radius 3 is 2.07 bits per heavy atom. The zero-order valence-corrected chi connectivity index (χ0v) is 34.3. The number of esters is 4. The smallest absolute Gasteiger partial charge is 0.338 e. The Labute approximate surface area is 341 Å². The number of Topliss-reactive ketones (excluding diaryl/α,β-unsaturated/α-hetero) is 1. The van der Waals surface area contributed by atoms with Crippen LogP contribution in [0.3, 0.4) is 0 Å². The third-order valence-electron chi connectivity index (χ3n) is 12.8. The Bertz CT molecular complexity index is 2040. The van der Waals surface area contributed by atoms with Crippen molar-refractivity contribution in [2.24, 2.45) is 16.7 Å². The van der Waals surface area contributed by atoms with Crippen molar-refractivity contribution in [1.29, 1.82) is 0 Å². The van der Waals surface area contributed by atoms with E-state index in [-0.39, 0.29) is 29.7 Å². The van der Waals surface area contributed by atoms with E-state index in [0.29, 0.717) is 5.56 Å². The maximum atomic E-state index is 15.4. The van der Waals surface area contributed by atoms with Crippen LogP contribution in [-0.4, -0.2) is 124 Å². The van der Waals surface area contributed by atoms with Crippen molar-refractivity contribution in [3.05, 3.63) is 82.9 Å². The van der Waals surface area contributed by atoms with Crippen LogP contribution in [0.5, 0.6) is 0 Å². The van der Waals surface area contributed by atoms with Gasteiger partial charge in [0.25, 0.3) is 0 Å². The fourth-order valence-electron chi connectivity index (χ4n) is 9.63. The second kappa shape index (κ2) is 15.8. The Balaban J connectivity index is 1.56. The quantitative estimate of drug-likeness (QED) is 0.162. The Morgan fingerprint density at radius 1 is 0.915 bits per heavy atom. The van der Waals surface area contributed by atoms with E-state index in [0.717, 1.165) is 13.8 Å². The molecular weight excluding hydrogens is 768 g/mol. The average molecular weight is 821 g/mol. The predicted molar refractivity (Wildman–Crippen MR) is 206 cm³/mol. The molecule has 1 saturated heterocycles. The molecule has 4 aliphatic rings. The minimum atomic E-state index is -2.38. The van der Waals surface area contributed by atoms with Crippen LogP contribution in [0.15, 0.2) is 71.8 Å². The summed E-state index contributed by atoms with van der Waals surface area (Å²) in [5, 5.41) is 39.8. The van der Waals surface area contributed by atoms with E-state index in [1.807, 2.05) is 0 Å². The molecule has 0 aromatic heterocycles. The summed E-state index contributed by atoms with van der Waals surface area (Å²) in [6.07, 6.45) is -10.4. The summed E-state index contributed by atoms with van der Waals surface area (Å²) in [5.41, 5.74) is -7.23. The first-order valence-corrected chi connectivity index (χ1v) is 19.4. The lowest BCUT2D eigenvalue weighted by Gasteiger charge is -2.67. The van der Waals surface area contributed by atoms with Crippen molar-refractivity contribution >= 4 is 35.7 Å². The number of amides is 2. The number of nitrogens with one attached hydrogen (secondary N) is 1. The predicted octanol–water partition coefficient (Wildman–Crippen LogP) is 2.58. The number of carbonyl (C=O) groups is 6. The highest BCUT2D eigenvalue weighted by molar-refractivity contribution is 5.95. The molecule has 2 aromatic carbocycles. The van der Waals surface area contributed by atoms with Crippen LogP contribution >= 0.6 is 0 Å². The number of rotatable bonds is 9. The molecule has 2 aromatic rings. The van der Waals surface area contributed by atoms with Crippen molar-refractivity contribution in [1.82, 2.24) is 10.2 Å². The summed E-state index contributed by atoms with van der Waals surface area (Å²) in [5.74, 6) is -6.23. The van der Waals surface area contributed by atoms with Crippen LogP contribution < -0.4 is 5.32 Å². The van der Waals surface area contributed by atoms with Gasteiger partial charge in [0.1, 0.15) is 23.9 Å². The minimum Gasteiger partial charge on any atom is -0.456 e. The highest BCUT2D eigenvalue weighted by Crippen LogP contribution is 2.64. The molecule has 1 aliphatic heterocycles. The molecule has 16 nitrogen and oxygen atoms in total. The molecule has 3 aliphatic carbocycles. The topological polar surface area (TPSA) is 225 Å². The number of aliphatic hydroxyl groups is 3. The summed E-state index contributed by atoms with van der Waals surface area (Å²) < 4.78 is 30.1. The van der Waals surface area contributed by atoms with Gasteiger partial charge in [-0.3, -0.25) is 14.4 Å². The SMILES string of the molecule is CC(=O)O[C@H]1C(=O)[C@@]2(C)[C@H]([C@H](OC(=O)c3ccccc3)[C@]3(O)C[C@H](OC(=O)[C@H](O)[C@@H](NC(=O)N(C)C)c4ccccc4)C(C)=C1C3(C)C)[C@]1(OC(C)=O)CO[C@@H]1C[C@@H]2O. The molecule has 6 rings (SSSR count). The van der Waals surface area contributed by atoms with Crippen LogP contribution in [0.2, 0.25) is 0 Å². The summed E-state index contributed by atoms with van der Waals surface area (Å²) in [6.45, 7) is 7.97. The van der Waals surface area contributed by atoms with Gasteiger partial charge in [-0.2, -0.15) is 0 Å². The van der Waals surface area contributed by atoms with Crippen molar-refractivity contribution in [3.63, 3.8) is 0 Å². The summed E-state index contributed by atoms with van der Waals surface area (Å²) in [6, 6.07) is 14.1. The number of fused-ring (bicyclic) bond motifs is 5.